The molecule has 0 unspecified atom stereocenters. The van der Waals surface area contributed by atoms with Crippen molar-refractivity contribution in [3.63, 3.8) is 0 Å². The predicted octanol–water partition coefficient (Wildman–Crippen LogP) is -0.125. The van der Waals surface area contributed by atoms with Gasteiger partial charge in [0.15, 0.2) is 0 Å². The summed E-state index contributed by atoms with van der Waals surface area (Å²) >= 11 is 0. The zero-order valence-corrected chi connectivity index (χ0v) is 8.89. The van der Waals surface area contributed by atoms with Crippen molar-refractivity contribution in [1.82, 2.24) is 10.2 Å². The number of nitrogens with one attached hydrogen (secondary N) is 1. The van der Waals surface area contributed by atoms with Gasteiger partial charge < -0.3 is 15.0 Å². The molecule has 0 aliphatic carbocycles. The van der Waals surface area contributed by atoms with Gasteiger partial charge in [0.25, 0.3) is 5.91 Å². The molecule has 0 aromatic heterocycles. The second kappa shape index (κ2) is 6.18. The Morgan fingerprint density at radius 2 is 2.38 bits per heavy atom. The van der Waals surface area contributed by atoms with Crippen molar-refractivity contribution in [2.75, 3.05) is 33.3 Å². The largest absolute Gasteiger partial charge is 0.366 e. The highest BCUT2D eigenvalue weighted by Gasteiger charge is 2.23. The van der Waals surface area contributed by atoms with Gasteiger partial charge in [0.2, 0.25) is 0 Å². The van der Waals surface area contributed by atoms with E-state index in [9.17, 15) is 4.79 Å². The van der Waals surface area contributed by atoms with Crippen molar-refractivity contribution < 1.29 is 9.53 Å². The van der Waals surface area contributed by atoms with Gasteiger partial charge >= 0.3 is 0 Å². The minimum Gasteiger partial charge on any atom is -0.366 e. The van der Waals surface area contributed by atoms with Gasteiger partial charge in [-0.25, -0.2) is 0 Å². The minimum atomic E-state index is -0.274. The number of carbonyl (C=O) groups is 1. The zero-order chi connectivity index (χ0) is 8.97. The van der Waals surface area contributed by atoms with E-state index in [1.165, 1.54) is 0 Å². The van der Waals surface area contributed by atoms with E-state index in [1.807, 2.05) is 6.92 Å². The van der Waals surface area contributed by atoms with Crippen LogP contribution in [0.5, 0.6) is 0 Å². The monoisotopic (exact) mass is 208 g/mol. The summed E-state index contributed by atoms with van der Waals surface area (Å²) in [5, 5.41) is 3.12. The highest BCUT2D eigenvalue weighted by atomic mass is 35.5. The Labute approximate surface area is 85.0 Å². The molecule has 13 heavy (non-hydrogen) atoms. The van der Waals surface area contributed by atoms with Crippen LogP contribution in [-0.2, 0) is 9.53 Å². The van der Waals surface area contributed by atoms with Crippen LogP contribution in [0.4, 0.5) is 0 Å². The number of nitrogens with zero attached hydrogens (tertiary/aromatic N) is 1. The molecular formula is C8H17ClN2O2. The SMILES string of the molecule is CCN(C)C(=O)[C@H]1CNCCO1.Cl. The molecule has 0 bridgehead atoms. The third-order valence-corrected chi connectivity index (χ3v) is 2.05. The van der Waals surface area contributed by atoms with Crippen molar-refractivity contribution in [3.05, 3.63) is 0 Å². The third kappa shape index (κ3) is 3.50. The molecule has 1 N–H and O–H groups in total. The minimum absolute atomic E-state index is 0. The van der Waals surface area contributed by atoms with E-state index in [4.69, 9.17) is 4.74 Å². The van der Waals surface area contributed by atoms with Gasteiger partial charge in [0.1, 0.15) is 6.10 Å². The number of hydrogen-bond acceptors (Lipinski definition) is 3. The van der Waals surface area contributed by atoms with E-state index in [2.05, 4.69) is 5.32 Å². The highest BCUT2D eigenvalue weighted by molar-refractivity contribution is 5.85. The fourth-order valence-electron chi connectivity index (χ4n) is 1.13. The maximum atomic E-state index is 11.5. The quantitative estimate of drug-likeness (QED) is 0.688. The molecule has 0 aromatic carbocycles. The van der Waals surface area contributed by atoms with E-state index in [1.54, 1.807) is 11.9 Å². The maximum Gasteiger partial charge on any atom is 0.252 e. The molecule has 1 heterocycles. The summed E-state index contributed by atoms with van der Waals surface area (Å²) in [5.41, 5.74) is 0. The molecule has 1 aliphatic heterocycles. The number of carbonyl (C=O) groups excluding carboxylic acids is 1. The number of halogens is 1. The standard InChI is InChI=1S/C8H16N2O2.ClH/c1-3-10(2)8(11)7-6-9-4-5-12-7;/h7,9H,3-6H2,1-2H3;1H/t7-;/m1./s1. The van der Waals surface area contributed by atoms with Gasteiger partial charge in [0.05, 0.1) is 6.61 Å². The van der Waals surface area contributed by atoms with Crippen LogP contribution < -0.4 is 5.32 Å². The van der Waals surface area contributed by atoms with Gasteiger partial charge in [-0.2, -0.15) is 0 Å². The van der Waals surface area contributed by atoms with E-state index >= 15 is 0 Å². The van der Waals surface area contributed by atoms with Crippen molar-refractivity contribution in [2.24, 2.45) is 0 Å². The highest BCUT2D eigenvalue weighted by Crippen LogP contribution is 2.00. The lowest BCUT2D eigenvalue weighted by atomic mass is 10.2. The lowest BCUT2D eigenvalue weighted by molar-refractivity contribution is -0.143. The second-order valence-electron chi connectivity index (χ2n) is 2.92. The first-order valence-corrected chi connectivity index (χ1v) is 4.33. The Bertz CT molecular complexity index is 160. The number of rotatable bonds is 2. The van der Waals surface area contributed by atoms with Crippen LogP contribution in [0.25, 0.3) is 0 Å². The Morgan fingerprint density at radius 3 is 2.85 bits per heavy atom. The Hall–Kier alpha value is -0.320. The van der Waals surface area contributed by atoms with E-state index in [0.717, 1.165) is 13.1 Å². The smallest absolute Gasteiger partial charge is 0.252 e. The third-order valence-electron chi connectivity index (χ3n) is 2.05. The lowest BCUT2D eigenvalue weighted by Gasteiger charge is -2.26. The van der Waals surface area contributed by atoms with Crippen LogP contribution in [0.3, 0.4) is 0 Å². The molecule has 1 amide bonds. The van der Waals surface area contributed by atoms with Crippen molar-refractivity contribution in [3.8, 4) is 0 Å². The molecule has 1 rings (SSSR count). The van der Waals surface area contributed by atoms with Gasteiger partial charge in [-0.15, -0.1) is 12.4 Å². The molecule has 4 nitrogen and oxygen atoms in total. The Kier molecular flexibility index (Phi) is 6.03. The van der Waals surface area contributed by atoms with Gasteiger partial charge in [-0.05, 0) is 6.92 Å². The van der Waals surface area contributed by atoms with Crippen LogP contribution in [-0.4, -0.2) is 50.2 Å². The number of morpholine rings is 1. The molecular weight excluding hydrogens is 192 g/mol. The number of likely N-dealkylation sites (N-methyl/N-ethyl adjacent to an activating group) is 1. The molecule has 1 atom stereocenters. The molecule has 0 aromatic rings. The summed E-state index contributed by atoms with van der Waals surface area (Å²) in [6, 6.07) is 0. The molecule has 5 heteroatoms. The van der Waals surface area contributed by atoms with E-state index < -0.39 is 0 Å². The molecule has 0 spiro atoms. The van der Waals surface area contributed by atoms with E-state index in [0.29, 0.717) is 13.2 Å². The molecule has 1 saturated heterocycles. The van der Waals surface area contributed by atoms with Crippen LogP contribution in [0.1, 0.15) is 6.92 Å². The van der Waals surface area contributed by atoms with Gasteiger partial charge in [-0.3, -0.25) is 4.79 Å². The second-order valence-corrected chi connectivity index (χ2v) is 2.92. The molecule has 1 fully saturated rings. The van der Waals surface area contributed by atoms with Crippen LogP contribution in [0, 0.1) is 0 Å². The topological polar surface area (TPSA) is 41.6 Å². The number of hydrogen-bond donors (Lipinski definition) is 1. The predicted molar refractivity (Wildman–Crippen MR) is 53.2 cm³/mol. The van der Waals surface area contributed by atoms with Crippen LogP contribution >= 0.6 is 12.4 Å². The van der Waals surface area contributed by atoms with Gasteiger partial charge in [-0.1, -0.05) is 0 Å². The Balaban J connectivity index is 0.00000144. The Morgan fingerprint density at radius 1 is 1.69 bits per heavy atom. The maximum absolute atomic E-state index is 11.5. The van der Waals surface area contributed by atoms with Gasteiger partial charge in [0, 0.05) is 26.7 Å². The summed E-state index contributed by atoms with van der Waals surface area (Å²) < 4.78 is 5.31. The van der Waals surface area contributed by atoms with Crippen LogP contribution in [0.2, 0.25) is 0 Å². The fraction of sp³-hybridized carbons (Fsp3) is 0.875. The first-order valence-electron chi connectivity index (χ1n) is 4.33. The zero-order valence-electron chi connectivity index (χ0n) is 8.08. The average molecular weight is 209 g/mol. The number of amides is 1. The lowest BCUT2D eigenvalue weighted by Crippen LogP contribution is -2.48. The normalized spacial score (nSPS) is 21.8. The summed E-state index contributed by atoms with van der Waals surface area (Å²) in [6.45, 7) is 4.81. The van der Waals surface area contributed by atoms with Crippen molar-refractivity contribution >= 4 is 18.3 Å². The summed E-state index contributed by atoms with van der Waals surface area (Å²) in [5.74, 6) is 0.0738. The summed E-state index contributed by atoms with van der Waals surface area (Å²) in [4.78, 5) is 13.2. The van der Waals surface area contributed by atoms with Crippen LogP contribution in [0.15, 0.2) is 0 Å². The molecule has 1 aliphatic rings. The summed E-state index contributed by atoms with van der Waals surface area (Å²) in [7, 11) is 1.79. The fourth-order valence-corrected chi connectivity index (χ4v) is 1.13. The molecule has 0 radical (unpaired) electrons. The summed E-state index contributed by atoms with van der Waals surface area (Å²) in [6.07, 6.45) is -0.274. The first kappa shape index (κ1) is 12.7. The average Bonchev–Trinajstić information content (AvgIpc) is 2.17. The molecule has 78 valence electrons. The van der Waals surface area contributed by atoms with Crippen molar-refractivity contribution in [1.29, 1.82) is 0 Å². The number of ether oxygens (including phenoxy) is 1. The first-order chi connectivity index (χ1) is 5.75. The van der Waals surface area contributed by atoms with E-state index in [-0.39, 0.29) is 24.4 Å². The molecule has 0 saturated carbocycles. The van der Waals surface area contributed by atoms with Crippen molar-refractivity contribution in [2.45, 2.75) is 13.0 Å².